The summed E-state index contributed by atoms with van der Waals surface area (Å²) in [6, 6.07) is 17.3. The monoisotopic (exact) mass is 554 g/mol. The molecular formula is C28H32F2N6O4. The maximum Gasteiger partial charge on any atom is 0.410 e. The highest BCUT2D eigenvalue weighted by atomic mass is 19.3. The van der Waals surface area contributed by atoms with Gasteiger partial charge in [0.25, 0.3) is 5.92 Å². The largest absolute Gasteiger partial charge is 0.444 e. The number of amides is 1. The molecule has 0 spiro atoms. The van der Waals surface area contributed by atoms with Crippen molar-refractivity contribution in [1.29, 1.82) is 0 Å². The third-order valence-electron chi connectivity index (χ3n) is 6.28. The Balaban J connectivity index is 1.62. The number of piperidine rings is 1. The normalized spacial score (nSPS) is 16.7. The highest BCUT2D eigenvalue weighted by molar-refractivity contribution is 5.71. The highest BCUT2D eigenvalue weighted by Gasteiger charge is 2.48. The van der Waals surface area contributed by atoms with Gasteiger partial charge in [-0.05, 0) is 38.3 Å². The number of benzene rings is 2. The number of hydrogen-bond acceptors (Lipinski definition) is 8. The number of carbonyl (C=O) groups excluding carboxylic acids is 1. The number of likely N-dealkylation sites (tertiary alicyclic amines) is 1. The second kappa shape index (κ2) is 11.8. The van der Waals surface area contributed by atoms with E-state index in [0.717, 1.165) is 22.4 Å². The molecule has 12 heteroatoms. The SMILES string of the molecule is CC(C)(C)OC(=O)N1CC[C@@H](Nc2ncnc(N(Cc3ccccc3)Cc3ccccc3)c2[N+](=O)[O-])C(F)(F)C1. The van der Waals surface area contributed by atoms with Crippen LogP contribution in [0.15, 0.2) is 67.0 Å². The summed E-state index contributed by atoms with van der Waals surface area (Å²) in [5.41, 5.74) is 0.452. The Morgan fingerprint density at radius 1 is 1.10 bits per heavy atom. The minimum absolute atomic E-state index is 0.00436. The molecule has 0 saturated carbocycles. The van der Waals surface area contributed by atoms with Crippen LogP contribution in [0.3, 0.4) is 0 Å². The second-order valence-electron chi connectivity index (χ2n) is 10.6. The van der Waals surface area contributed by atoms with E-state index < -0.39 is 40.8 Å². The minimum Gasteiger partial charge on any atom is -0.444 e. The number of rotatable bonds is 8. The fourth-order valence-electron chi connectivity index (χ4n) is 4.45. The fraction of sp³-hybridized carbons (Fsp3) is 0.393. The standard InChI is InChI=1S/C28H32F2N6O4/c1-27(2,3)40-26(37)34-15-14-22(28(29,30)18-34)33-24-23(36(38)39)25(32-19-31-24)35(16-20-10-6-4-7-11-20)17-21-12-8-5-9-13-21/h4-13,19,22H,14-18H2,1-3H3,(H,31,32,33)/t22-/m1/s1. The molecular weight excluding hydrogens is 522 g/mol. The average Bonchev–Trinajstić information content (AvgIpc) is 2.89. The molecule has 1 aliphatic rings. The van der Waals surface area contributed by atoms with Crippen LogP contribution in [0.4, 0.5) is 30.9 Å². The molecule has 0 aliphatic carbocycles. The molecule has 0 radical (unpaired) electrons. The molecule has 1 N–H and O–H groups in total. The van der Waals surface area contributed by atoms with E-state index in [-0.39, 0.29) is 37.7 Å². The zero-order valence-corrected chi connectivity index (χ0v) is 22.6. The second-order valence-corrected chi connectivity index (χ2v) is 10.6. The molecule has 0 bridgehead atoms. The van der Waals surface area contributed by atoms with Gasteiger partial charge in [-0.1, -0.05) is 60.7 Å². The van der Waals surface area contributed by atoms with Crippen LogP contribution >= 0.6 is 0 Å². The Labute approximate surface area is 231 Å². The van der Waals surface area contributed by atoms with Gasteiger partial charge in [0.15, 0.2) is 0 Å². The fourth-order valence-corrected chi connectivity index (χ4v) is 4.45. The average molecular weight is 555 g/mol. The van der Waals surface area contributed by atoms with Gasteiger partial charge < -0.3 is 19.9 Å². The van der Waals surface area contributed by atoms with Crippen LogP contribution in [0, 0.1) is 10.1 Å². The number of nitro groups is 1. The third kappa shape index (κ3) is 7.19. The molecule has 1 saturated heterocycles. The Morgan fingerprint density at radius 2 is 1.68 bits per heavy atom. The topological polar surface area (TPSA) is 114 Å². The van der Waals surface area contributed by atoms with E-state index in [9.17, 15) is 14.9 Å². The predicted molar refractivity (Wildman–Crippen MR) is 146 cm³/mol. The van der Waals surface area contributed by atoms with Crippen molar-refractivity contribution in [2.45, 2.75) is 57.8 Å². The number of aromatic nitrogens is 2. The molecule has 4 rings (SSSR count). The van der Waals surface area contributed by atoms with Crippen molar-refractivity contribution >= 4 is 23.4 Å². The van der Waals surface area contributed by atoms with E-state index in [2.05, 4.69) is 15.3 Å². The third-order valence-corrected chi connectivity index (χ3v) is 6.28. The lowest BCUT2D eigenvalue weighted by Crippen LogP contribution is -2.56. The summed E-state index contributed by atoms with van der Waals surface area (Å²) in [4.78, 5) is 34.9. The van der Waals surface area contributed by atoms with Crippen LogP contribution in [-0.4, -0.2) is 56.5 Å². The molecule has 2 aromatic carbocycles. The van der Waals surface area contributed by atoms with Crippen molar-refractivity contribution in [2.75, 3.05) is 23.3 Å². The number of carbonyl (C=O) groups is 1. The Hall–Kier alpha value is -4.35. The predicted octanol–water partition coefficient (Wildman–Crippen LogP) is 5.65. The Morgan fingerprint density at radius 3 is 2.17 bits per heavy atom. The van der Waals surface area contributed by atoms with Crippen LogP contribution in [0.2, 0.25) is 0 Å². The number of nitrogens with zero attached hydrogens (tertiary/aromatic N) is 5. The van der Waals surface area contributed by atoms with E-state index in [1.165, 1.54) is 0 Å². The summed E-state index contributed by atoms with van der Waals surface area (Å²) in [5, 5.41) is 14.9. The molecule has 1 aliphatic heterocycles. The van der Waals surface area contributed by atoms with Crippen molar-refractivity contribution in [3.63, 3.8) is 0 Å². The molecule has 2 heterocycles. The smallest absolute Gasteiger partial charge is 0.410 e. The van der Waals surface area contributed by atoms with Gasteiger partial charge in [-0.15, -0.1) is 0 Å². The van der Waals surface area contributed by atoms with Crippen molar-refractivity contribution in [1.82, 2.24) is 14.9 Å². The molecule has 40 heavy (non-hydrogen) atoms. The summed E-state index contributed by atoms with van der Waals surface area (Å²) >= 11 is 0. The minimum atomic E-state index is -3.40. The van der Waals surface area contributed by atoms with E-state index in [0.29, 0.717) is 0 Å². The first-order valence-corrected chi connectivity index (χ1v) is 12.9. The Bertz CT molecular complexity index is 1280. The molecule has 1 fully saturated rings. The molecule has 1 amide bonds. The van der Waals surface area contributed by atoms with Gasteiger partial charge in [-0.3, -0.25) is 10.1 Å². The van der Waals surface area contributed by atoms with Crippen LogP contribution in [0.25, 0.3) is 0 Å². The molecule has 1 atom stereocenters. The van der Waals surface area contributed by atoms with Crippen LogP contribution in [0.5, 0.6) is 0 Å². The lowest BCUT2D eigenvalue weighted by atomic mass is 10.0. The first-order valence-electron chi connectivity index (χ1n) is 12.9. The maximum absolute atomic E-state index is 15.2. The van der Waals surface area contributed by atoms with Gasteiger partial charge in [0.05, 0.1) is 17.5 Å². The number of hydrogen-bond donors (Lipinski definition) is 1. The van der Waals surface area contributed by atoms with Crippen molar-refractivity contribution in [3.05, 3.63) is 88.2 Å². The van der Waals surface area contributed by atoms with Crippen molar-refractivity contribution in [2.24, 2.45) is 0 Å². The summed E-state index contributed by atoms with van der Waals surface area (Å²) < 4.78 is 35.7. The number of nitrogens with one attached hydrogen (secondary N) is 1. The molecule has 0 unspecified atom stereocenters. The van der Waals surface area contributed by atoms with Crippen LogP contribution in [0.1, 0.15) is 38.3 Å². The van der Waals surface area contributed by atoms with Crippen molar-refractivity contribution < 1.29 is 23.2 Å². The number of halogens is 2. The number of alkyl halides is 2. The lowest BCUT2D eigenvalue weighted by molar-refractivity contribution is -0.383. The van der Waals surface area contributed by atoms with Crippen molar-refractivity contribution in [3.8, 4) is 0 Å². The van der Waals surface area contributed by atoms with Gasteiger partial charge >= 0.3 is 11.8 Å². The first kappa shape index (κ1) is 28.7. The Kier molecular flexibility index (Phi) is 8.46. The van der Waals surface area contributed by atoms with E-state index in [1.54, 1.807) is 25.7 Å². The number of anilines is 2. The molecule has 10 nitrogen and oxygen atoms in total. The van der Waals surface area contributed by atoms with Gasteiger partial charge in [0, 0.05) is 19.6 Å². The van der Waals surface area contributed by atoms with Gasteiger partial charge in [-0.2, -0.15) is 0 Å². The summed E-state index contributed by atoms with van der Waals surface area (Å²) in [5.74, 6) is -3.71. The van der Waals surface area contributed by atoms with Crippen LogP contribution in [-0.2, 0) is 17.8 Å². The van der Waals surface area contributed by atoms with Gasteiger partial charge in [0.2, 0.25) is 11.6 Å². The van der Waals surface area contributed by atoms with Crippen LogP contribution < -0.4 is 10.2 Å². The summed E-state index contributed by atoms with van der Waals surface area (Å²) in [6.45, 7) is 4.64. The molecule has 3 aromatic rings. The zero-order valence-electron chi connectivity index (χ0n) is 22.6. The van der Waals surface area contributed by atoms with Gasteiger partial charge in [-0.25, -0.2) is 23.5 Å². The summed E-state index contributed by atoms with van der Waals surface area (Å²) in [7, 11) is 0. The first-order chi connectivity index (χ1) is 18.9. The van der Waals surface area contributed by atoms with E-state index in [4.69, 9.17) is 4.74 Å². The quantitative estimate of drug-likeness (QED) is 0.281. The lowest BCUT2D eigenvalue weighted by Gasteiger charge is -2.39. The molecule has 1 aromatic heterocycles. The van der Waals surface area contributed by atoms with Gasteiger partial charge in [0.1, 0.15) is 11.9 Å². The van der Waals surface area contributed by atoms with E-state index in [1.807, 2.05) is 60.7 Å². The highest BCUT2D eigenvalue weighted by Crippen LogP contribution is 2.37. The summed E-state index contributed by atoms with van der Waals surface area (Å²) in [6.07, 6.45) is 0.126. The zero-order chi connectivity index (χ0) is 28.9. The van der Waals surface area contributed by atoms with E-state index >= 15 is 8.78 Å². The maximum atomic E-state index is 15.2. The number of ether oxygens (including phenoxy) is 1. The molecule has 212 valence electrons.